The van der Waals surface area contributed by atoms with Gasteiger partial charge in [-0.2, -0.15) is 0 Å². The molecule has 150 valence electrons. The molecule has 0 bridgehead atoms. The van der Waals surface area contributed by atoms with Gasteiger partial charge in [-0.05, 0) is 28.8 Å². The zero-order chi connectivity index (χ0) is 21.1. The van der Waals surface area contributed by atoms with Crippen LogP contribution in [0.15, 0.2) is 90.7 Å². The minimum atomic E-state index is -0.480. The Morgan fingerprint density at radius 1 is 0.933 bits per heavy atom. The van der Waals surface area contributed by atoms with Crippen LogP contribution in [0.3, 0.4) is 0 Å². The summed E-state index contributed by atoms with van der Waals surface area (Å²) >= 11 is 0. The summed E-state index contributed by atoms with van der Waals surface area (Å²) in [5.41, 5.74) is 3.52. The standard InChI is InChI=1S/C25H21NO4/c1-30-25(29)20-14-12-19(13-15-20)22-21(18-10-6-3-7-11-18)23(27)24(28)26(22)16-17-8-4-2-5-9-17/h2-15,22,27H,16H2,1H3/t22-/m1/s1. The quantitative estimate of drug-likeness (QED) is 0.641. The summed E-state index contributed by atoms with van der Waals surface area (Å²) in [6.07, 6.45) is 0. The zero-order valence-electron chi connectivity index (χ0n) is 16.5. The number of esters is 1. The molecule has 1 atom stereocenters. The largest absolute Gasteiger partial charge is 0.503 e. The number of ether oxygens (including phenoxy) is 1. The molecule has 1 N–H and O–H groups in total. The van der Waals surface area contributed by atoms with Crippen molar-refractivity contribution < 1.29 is 19.4 Å². The highest BCUT2D eigenvalue weighted by Crippen LogP contribution is 2.43. The summed E-state index contributed by atoms with van der Waals surface area (Å²) < 4.78 is 4.77. The number of carbonyl (C=O) groups is 2. The molecule has 1 aliphatic heterocycles. The molecule has 1 amide bonds. The van der Waals surface area contributed by atoms with Crippen molar-refractivity contribution in [1.29, 1.82) is 0 Å². The molecule has 0 aliphatic carbocycles. The van der Waals surface area contributed by atoms with Crippen LogP contribution < -0.4 is 0 Å². The van der Waals surface area contributed by atoms with Gasteiger partial charge in [0.15, 0.2) is 5.76 Å². The van der Waals surface area contributed by atoms with Crippen LogP contribution in [-0.2, 0) is 16.1 Å². The van der Waals surface area contributed by atoms with Gasteiger partial charge in [-0.15, -0.1) is 0 Å². The third-order valence-electron chi connectivity index (χ3n) is 5.23. The number of rotatable bonds is 5. The van der Waals surface area contributed by atoms with Gasteiger partial charge in [-0.3, -0.25) is 4.79 Å². The maximum Gasteiger partial charge on any atom is 0.337 e. The number of aliphatic hydroxyl groups is 1. The fraction of sp³-hybridized carbons (Fsp3) is 0.120. The van der Waals surface area contributed by atoms with Crippen LogP contribution in [0.25, 0.3) is 5.57 Å². The molecule has 0 aromatic heterocycles. The zero-order valence-corrected chi connectivity index (χ0v) is 16.5. The molecule has 0 saturated carbocycles. The summed E-state index contributed by atoms with van der Waals surface area (Å²) in [7, 11) is 1.34. The van der Waals surface area contributed by atoms with E-state index in [1.165, 1.54) is 7.11 Å². The number of aliphatic hydroxyl groups excluding tert-OH is 1. The molecule has 3 aromatic carbocycles. The molecule has 0 saturated heterocycles. The van der Waals surface area contributed by atoms with E-state index in [1.54, 1.807) is 29.2 Å². The molecule has 1 aliphatic rings. The van der Waals surface area contributed by atoms with Crippen LogP contribution in [0, 0.1) is 0 Å². The van der Waals surface area contributed by atoms with E-state index in [1.807, 2.05) is 60.7 Å². The Balaban J connectivity index is 1.79. The predicted octanol–water partition coefficient (Wildman–Crippen LogP) is 4.53. The van der Waals surface area contributed by atoms with E-state index in [-0.39, 0.29) is 5.76 Å². The first-order valence-corrected chi connectivity index (χ1v) is 9.62. The van der Waals surface area contributed by atoms with Gasteiger partial charge < -0.3 is 14.7 Å². The van der Waals surface area contributed by atoms with Crippen LogP contribution in [0.5, 0.6) is 0 Å². The van der Waals surface area contributed by atoms with Gasteiger partial charge in [0.25, 0.3) is 5.91 Å². The van der Waals surface area contributed by atoms with E-state index < -0.39 is 17.9 Å². The lowest BCUT2D eigenvalue weighted by Gasteiger charge is -2.27. The predicted molar refractivity (Wildman–Crippen MR) is 114 cm³/mol. The number of hydrogen-bond donors (Lipinski definition) is 1. The normalized spacial score (nSPS) is 16.1. The Hall–Kier alpha value is -3.86. The van der Waals surface area contributed by atoms with Crippen LogP contribution in [-0.4, -0.2) is 29.0 Å². The van der Waals surface area contributed by atoms with Crippen molar-refractivity contribution in [2.75, 3.05) is 7.11 Å². The van der Waals surface area contributed by atoms with Gasteiger partial charge in [-0.25, -0.2) is 4.79 Å². The first-order chi connectivity index (χ1) is 14.6. The first-order valence-electron chi connectivity index (χ1n) is 9.62. The molecule has 0 unspecified atom stereocenters. The Morgan fingerprint density at radius 2 is 1.53 bits per heavy atom. The van der Waals surface area contributed by atoms with Crippen LogP contribution in [0.4, 0.5) is 0 Å². The molecule has 5 heteroatoms. The van der Waals surface area contributed by atoms with Crippen LogP contribution in [0.1, 0.15) is 33.1 Å². The molecule has 4 rings (SSSR count). The second-order valence-electron chi connectivity index (χ2n) is 7.06. The van der Waals surface area contributed by atoms with Gasteiger partial charge in [0.2, 0.25) is 0 Å². The van der Waals surface area contributed by atoms with Gasteiger partial charge in [-0.1, -0.05) is 72.8 Å². The number of nitrogens with zero attached hydrogens (tertiary/aromatic N) is 1. The molecule has 5 nitrogen and oxygen atoms in total. The Kier molecular flexibility index (Phi) is 5.35. The van der Waals surface area contributed by atoms with E-state index in [2.05, 4.69) is 0 Å². The van der Waals surface area contributed by atoms with Crippen molar-refractivity contribution in [2.45, 2.75) is 12.6 Å². The lowest BCUT2D eigenvalue weighted by atomic mass is 9.93. The van der Waals surface area contributed by atoms with Crippen molar-refractivity contribution in [3.8, 4) is 0 Å². The highest BCUT2D eigenvalue weighted by atomic mass is 16.5. The van der Waals surface area contributed by atoms with Crippen LogP contribution >= 0.6 is 0 Å². The number of carbonyl (C=O) groups excluding carboxylic acids is 2. The molecule has 3 aromatic rings. The van der Waals surface area contributed by atoms with E-state index in [0.717, 1.165) is 16.7 Å². The second-order valence-corrected chi connectivity index (χ2v) is 7.06. The Bertz CT molecular complexity index is 1090. The minimum absolute atomic E-state index is 0.251. The Morgan fingerprint density at radius 3 is 2.13 bits per heavy atom. The van der Waals surface area contributed by atoms with Crippen molar-refractivity contribution in [3.05, 3.63) is 113 Å². The average Bonchev–Trinajstić information content (AvgIpc) is 3.05. The van der Waals surface area contributed by atoms with Crippen molar-refractivity contribution in [1.82, 2.24) is 4.90 Å². The monoisotopic (exact) mass is 399 g/mol. The topological polar surface area (TPSA) is 66.8 Å². The summed E-state index contributed by atoms with van der Waals surface area (Å²) in [6.45, 7) is 0.351. The van der Waals surface area contributed by atoms with E-state index in [0.29, 0.717) is 17.7 Å². The van der Waals surface area contributed by atoms with E-state index >= 15 is 0 Å². The lowest BCUT2D eigenvalue weighted by molar-refractivity contribution is -0.130. The van der Waals surface area contributed by atoms with E-state index in [9.17, 15) is 14.7 Å². The Labute approximate surface area is 174 Å². The molecular weight excluding hydrogens is 378 g/mol. The average molecular weight is 399 g/mol. The fourth-order valence-corrected chi connectivity index (χ4v) is 3.78. The SMILES string of the molecule is COC(=O)c1ccc([C@@H]2C(c3ccccc3)=C(O)C(=O)N2Cc2ccccc2)cc1. The third-order valence-corrected chi connectivity index (χ3v) is 5.23. The number of hydrogen-bond acceptors (Lipinski definition) is 4. The lowest BCUT2D eigenvalue weighted by Crippen LogP contribution is -2.29. The second kappa shape index (κ2) is 8.25. The van der Waals surface area contributed by atoms with Crippen LogP contribution in [0.2, 0.25) is 0 Å². The van der Waals surface area contributed by atoms with Crippen molar-refractivity contribution in [3.63, 3.8) is 0 Å². The number of benzene rings is 3. The number of methoxy groups -OCH3 is 1. The maximum atomic E-state index is 13.0. The molecule has 0 spiro atoms. The summed E-state index contributed by atoms with van der Waals surface area (Å²) in [5.74, 6) is -1.09. The molecule has 0 fully saturated rings. The third kappa shape index (κ3) is 3.57. The number of amides is 1. The van der Waals surface area contributed by atoms with Gasteiger partial charge in [0, 0.05) is 12.1 Å². The highest BCUT2D eigenvalue weighted by Gasteiger charge is 2.40. The van der Waals surface area contributed by atoms with Gasteiger partial charge in [0.05, 0.1) is 18.7 Å². The van der Waals surface area contributed by atoms with Crippen molar-refractivity contribution in [2.24, 2.45) is 0 Å². The van der Waals surface area contributed by atoms with Crippen molar-refractivity contribution >= 4 is 17.4 Å². The smallest absolute Gasteiger partial charge is 0.337 e. The molecular formula is C25H21NO4. The molecule has 1 heterocycles. The maximum absolute atomic E-state index is 13.0. The van der Waals surface area contributed by atoms with Gasteiger partial charge >= 0.3 is 5.97 Å². The van der Waals surface area contributed by atoms with E-state index in [4.69, 9.17) is 4.74 Å². The minimum Gasteiger partial charge on any atom is -0.503 e. The molecule has 30 heavy (non-hydrogen) atoms. The highest BCUT2D eigenvalue weighted by molar-refractivity contribution is 6.05. The summed E-state index contributed by atoms with van der Waals surface area (Å²) in [5, 5.41) is 10.8. The molecule has 0 radical (unpaired) electrons. The fourth-order valence-electron chi connectivity index (χ4n) is 3.78. The summed E-state index contributed by atoms with van der Waals surface area (Å²) in [6, 6.07) is 25.5. The summed E-state index contributed by atoms with van der Waals surface area (Å²) in [4.78, 5) is 26.5. The van der Waals surface area contributed by atoms with Gasteiger partial charge in [0.1, 0.15) is 0 Å². The first kappa shape index (κ1) is 19.5.